The van der Waals surface area contributed by atoms with Crippen LogP contribution in [0.2, 0.25) is 0 Å². The number of aliphatic hydroxyl groups is 2. The van der Waals surface area contributed by atoms with E-state index in [1.807, 2.05) is 43.9 Å². The molecule has 3 saturated carbocycles. The third-order valence-corrected chi connectivity index (χ3v) is 12.9. The van der Waals surface area contributed by atoms with E-state index >= 15 is 0 Å². The molecule has 2 bridgehead atoms. The van der Waals surface area contributed by atoms with Gasteiger partial charge in [0.15, 0.2) is 5.78 Å². The first-order chi connectivity index (χ1) is 23.5. The van der Waals surface area contributed by atoms with Crippen molar-refractivity contribution in [3.63, 3.8) is 0 Å². The van der Waals surface area contributed by atoms with Crippen molar-refractivity contribution in [2.24, 2.45) is 44.7 Å². The number of aromatic nitrogens is 1. The number of hydrogen-bond donors (Lipinski definition) is 2. The summed E-state index contributed by atoms with van der Waals surface area (Å²) in [6, 6.07) is 10.2. The summed E-state index contributed by atoms with van der Waals surface area (Å²) in [6.07, 6.45) is 15.3. The summed E-state index contributed by atoms with van der Waals surface area (Å²) in [7, 11) is 0. The van der Waals surface area contributed by atoms with E-state index < -0.39 is 17.1 Å². The Kier molecular flexibility index (Phi) is 7.67. The fourth-order valence-corrected chi connectivity index (χ4v) is 10.4. The summed E-state index contributed by atoms with van der Waals surface area (Å²) in [5.41, 5.74) is 6.78. The van der Waals surface area contributed by atoms with Crippen LogP contribution >= 0.6 is 0 Å². The van der Waals surface area contributed by atoms with E-state index in [4.69, 9.17) is 5.10 Å². The van der Waals surface area contributed by atoms with Gasteiger partial charge < -0.3 is 10.2 Å². The molecule has 0 amide bonds. The SMILES string of the molecule is CC1CC=NN(CC(=O)C2(O)CCC3C4CCC5=CC6=C=C(C=NN6c6ccc(F)cc6)CC5(C)C4C(O)CC32C)C=C1c1cccnc1. The normalized spacial score (nSPS) is 36.3. The van der Waals surface area contributed by atoms with Gasteiger partial charge in [-0.3, -0.25) is 14.8 Å². The van der Waals surface area contributed by atoms with Crippen molar-refractivity contribution in [1.82, 2.24) is 9.99 Å². The van der Waals surface area contributed by atoms with Crippen LogP contribution in [0.5, 0.6) is 0 Å². The van der Waals surface area contributed by atoms with E-state index in [1.54, 1.807) is 28.3 Å². The summed E-state index contributed by atoms with van der Waals surface area (Å²) in [6.45, 7) is 6.41. The van der Waals surface area contributed by atoms with Gasteiger partial charge in [0.05, 0.1) is 18.0 Å². The Balaban J connectivity index is 1.05. The molecule has 49 heavy (non-hydrogen) atoms. The van der Waals surface area contributed by atoms with Crippen LogP contribution in [-0.2, 0) is 4.79 Å². The van der Waals surface area contributed by atoms with E-state index in [1.165, 1.54) is 17.7 Å². The van der Waals surface area contributed by atoms with Crippen molar-refractivity contribution in [3.8, 4) is 0 Å². The van der Waals surface area contributed by atoms with Gasteiger partial charge in [-0.05, 0) is 122 Å². The molecule has 3 fully saturated rings. The van der Waals surface area contributed by atoms with Gasteiger partial charge in [0, 0.05) is 35.8 Å². The lowest BCUT2D eigenvalue weighted by Gasteiger charge is -2.60. The van der Waals surface area contributed by atoms with Crippen LogP contribution in [0, 0.1) is 40.3 Å². The molecule has 3 heterocycles. The van der Waals surface area contributed by atoms with Crippen LogP contribution in [-0.4, -0.2) is 56.7 Å². The molecule has 0 spiro atoms. The minimum atomic E-state index is -1.56. The zero-order valence-corrected chi connectivity index (χ0v) is 28.4. The molecule has 9 heteroatoms. The largest absolute Gasteiger partial charge is 0.393 e. The Morgan fingerprint density at radius 2 is 1.96 bits per heavy atom. The quantitative estimate of drug-likeness (QED) is 0.348. The van der Waals surface area contributed by atoms with E-state index in [0.29, 0.717) is 19.3 Å². The van der Waals surface area contributed by atoms with Crippen molar-refractivity contribution in [2.75, 3.05) is 11.6 Å². The third kappa shape index (κ3) is 5.08. The molecular formula is C40H44FN5O3. The molecule has 8 unspecified atom stereocenters. The number of aliphatic hydroxyl groups excluding tert-OH is 1. The average molecular weight is 662 g/mol. The van der Waals surface area contributed by atoms with Crippen LogP contribution in [0.1, 0.15) is 71.3 Å². The average Bonchev–Trinajstić information content (AvgIpc) is 3.17. The summed E-state index contributed by atoms with van der Waals surface area (Å²) >= 11 is 0. The second kappa shape index (κ2) is 11.7. The highest BCUT2D eigenvalue weighted by atomic mass is 19.1. The molecule has 4 aliphatic carbocycles. The van der Waals surface area contributed by atoms with Gasteiger partial charge >= 0.3 is 0 Å². The zero-order chi connectivity index (χ0) is 34.1. The van der Waals surface area contributed by atoms with Gasteiger partial charge in [0.25, 0.3) is 0 Å². The summed E-state index contributed by atoms with van der Waals surface area (Å²) in [5, 5.41) is 37.4. The fourth-order valence-electron chi connectivity index (χ4n) is 10.4. The van der Waals surface area contributed by atoms with Gasteiger partial charge in [-0.25, -0.2) is 9.40 Å². The number of allylic oxidation sites excluding steroid dienone is 3. The van der Waals surface area contributed by atoms with Gasteiger partial charge in [0.1, 0.15) is 23.7 Å². The Morgan fingerprint density at radius 3 is 2.73 bits per heavy atom. The highest BCUT2D eigenvalue weighted by molar-refractivity contribution is 5.91. The number of hydrogen-bond acceptors (Lipinski definition) is 8. The second-order valence-corrected chi connectivity index (χ2v) is 15.5. The molecule has 6 aliphatic rings. The van der Waals surface area contributed by atoms with Crippen molar-refractivity contribution < 1.29 is 19.4 Å². The minimum absolute atomic E-state index is 0.0346. The lowest BCUT2D eigenvalue weighted by Crippen LogP contribution is -2.62. The molecule has 0 radical (unpaired) electrons. The number of rotatable bonds is 5. The molecule has 8 rings (SSSR count). The first kappa shape index (κ1) is 32.1. The molecule has 2 aliphatic heterocycles. The Morgan fingerprint density at radius 1 is 1.14 bits per heavy atom. The molecule has 1 aromatic heterocycles. The van der Waals surface area contributed by atoms with Crippen LogP contribution in [0.15, 0.2) is 93.8 Å². The standard InChI is InChI=1S/C40H44FN5O3/c1-25-13-16-43-45(23-33(25)27-5-4-15-42-22-27)24-36(48)40(49)14-12-34-32-11-6-28-18-31-17-26(21-44-46(31)30-9-7-29(41)8-10-30)19-38(28,2)37(32)35(47)20-39(34,40)3/h4-5,7-10,15-16,18,21-23,25,32,34-35,37,47,49H,6,11-14,19-20,24H2,1-3H3. The van der Waals surface area contributed by atoms with Gasteiger partial charge in [0.2, 0.25) is 0 Å². The summed E-state index contributed by atoms with van der Waals surface area (Å²) in [4.78, 5) is 18.6. The van der Waals surface area contributed by atoms with Gasteiger partial charge in [-0.15, -0.1) is 0 Å². The topological polar surface area (TPSA) is 102 Å². The Bertz CT molecular complexity index is 1860. The number of halogens is 1. The number of benzene rings is 1. The number of ketones is 1. The Labute approximate surface area is 287 Å². The van der Waals surface area contributed by atoms with E-state index in [-0.39, 0.29) is 47.2 Å². The third-order valence-electron chi connectivity index (χ3n) is 12.9. The Hall–Kier alpha value is -4.17. The number of fused-ring (bicyclic) bond motifs is 5. The second-order valence-electron chi connectivity index (χ2n) is 15.5. The predicted molar refractivity (Wildman–Crippen MR) is 188 cm³/mol. The number of hydrazone groups is 2. The number of Topliss-reactive ketones (excluding diaryl/α,β-unsaturated/α-hetero) is 1. The number of carbonyl (C=O) groups excluding carboxylic acids is 1. The zero-order valence-electron chi connectivity index (χ0n) is 28.4. The number of nitrogens with zero attached hydrogens (tertiary/aromatic N) is 5. The highest BCUT2D eigenvalue weighted by Crippen LogP contribution is 2.67. The molecule has 8 nitrogen and oxygen atoms in total. The van der Waals surface area contributed by atoms with Crippen LogP contribution in [0.25, 0.3) is 5.57 Å². The van der Waals surface area contributed by atoms with Crippen molar-refractivity contribution in [1.29, 1.82) is 0 Å². The number of carbonyl (C=O) groups is 1. The maximum absolute atomic E-state index is 14.3. The van der Waals surface area contributed by atoms with Crippen molar-refractivity contribution in [3.05, 3.63) is 95.0 Å². The maximum Gasteiger partial charge on any atom is 0.186 e. The van der Waals surface area contributed by atoms with Crippen molar-refractivity contribution >= 4 is 29.5 Å². The van der Waals surface area contributed by atoms with Crippen LogP contribution < -0.4 is 5.01 Å². The summed E-state index contributed by atoms with van der Waals surface area (Å²) < 4.78 is 13.7. The molecule has 0 saturated heterocycles. The predicted octanol–water partition coefficient (Wildman–Crippen LogP) is 6.65. The van der Waals surface area contributed by atoms with Crippen molar-refractivity contribution in [2.45, 2.75) is 77.4 Å². The molecule has 254 valence electrons. The lowest BCUT2D eigenvalue weighted by atomic mass is 9.46. The maximum atomic E-state index is 14.3. The van der Waals surface area contributed by atoms with Gasteiger partial charge in [-0.2, -0.15) is 10.2 Å². The smallest absolute Gasteiger partial charge is 0.186 e. The summed E-state index contributed by atoms with van der Waals surface area (Å²) in [5.74, 6) is -0.118. The molecule has 2 N–H and O–H groups in total. The lowest BCUT2D eigenvalue weighted by molar-refractivity contribution is -0.179. The number of pyridine rings is 1. The molecular weight excluding hydrogens is 617 g/mol. The molecule has 1 aromatic carbocycles. The fraction of sp³-hybridized carbons (Fsp3) is 0.475. The van der Waals surface area contributed by atoms with E-state index in [2.05, 4.69) is 35.7 Å². The minimum Gasteiger partial charge on any atom is -0.393 e. The first-order valence-electron chi connectivity index (χ1n) is 17.7. The monoisotopic (exact) mass is 661 g/mol. The van der Waals surface area contributed by atoms with Crippen LogP contribution in [0.3, 0.4) is 0 Å². The number of anilines is 1. The van der Waals surface area contributed by atoms with Gasteiger partial charge in [-0.1, -0.05) is 38.1 Å². The molecule has 8 atom stereocenters. The highest BCUT2D eigenvalue weighted by Gasteiger charge is 2.68. The molecule has 2 aromatic rings. The van der Waals surface area contributed by atoms with Crippen LogP contribution in [0.4, 0.5) is 10.1 Å². The van der Waals surface area contributed by atoms with E-state index in [9.17, 15) is 19.4 Å². The first-order valence-corrected chi connectivity index (χ1v) is 17.7. The van der Waals surface area contributed by atoms with E-state index in [0.717, 1.165) is 53.8 Å².